The Labute approximate surface area is 68.2 Å². The van der Waals surface area contributed by atoms with Crippen molar-refractivity contribution in [2.24, 2.45) is 0 Å². The molecule has 0 saturated heterocycles. The molecule has 0 aromatic carbocycles. The zero-order chi connectivity index (χ0) is 9.14. The fourth-order valence-electron chi connectivity index (χ4n) is 0.717. The molecule has 5 heteroatoms. The lowest BCUT2D eigenvalue weighted by Gasteiger charge is -2.00. The van der Waals surface area contributed by atoms with Crippen LogP contribution in [0, 0.1) is 5.95 Å². The summed E-state index contributed by atoms with van der Waals surface area (Å²) in [7, 11) is 1.16. The summed E-state index contributed by atoms with van der Waals surface area (Å²) in [4.78, 5) is 14.1. The summed E-state index contributed by atoms with van der Waals surface area (Å²) in [5.74, 6) is -1.66. The van der Waals surface area contributed by atoms with Gasteiger partial charge in [-0.2, -0.15) is 4.39 Å². The Morgan fingerprint density at radius 3 is 3.00 bits per heavy atom. The first kappa shape index (κ1) is 8.45. The molecule has 1 aromatic heterocycles. The van der Waals surface area contributed by atoms with Gasteiger partial charge in [0.25, 0.3) is 0 Å². The van der Waals surface area contributed by atoms with E-state index in [1.165, 1.54) is 6.07 Å². The molecule has 64 valence electrons. The second-order valence-electron chi connectivity index (χ2n) is 2.10. The van der Waals surface area contributed by atoms with Gasteiger partial charge in [0.05, 0.1) is 19.0 Å². The number of esters is 1. The standard InChI is InChI=1S/C7H7FN2O2/c1-12-7(11)5-2-4(9)3-10-6(5)8/h2-3H,9H2,1H3. The van der Waals surface area contributed by atoms with E-state index in [9.17, 15) is 9.18 Å². The van der Waals surface area contributed by atoms with Crippen molar-refractivity contribution < 1.29 is 13.9 Å². The van der Waals surface area contributed by atoms with E-state index in [0.717, 1.165) is 13.3 Å². The number of pyridine rings is 1. The van der Waals surface area contributed by atoms with E-state index in [-0.39, 0.29) is 11.3 Å². The van der Waals surface area contributed by atoms with Crippen molar-refractivity contribution in [3.63, 3.8) is 0 Å². The van der Waals surface area contributed by atoms with Gasteiger partial charge >= 0.3 is 5.97 Å². The quantitative estimate of drug-likeness (QED) is 0.494. The number of halogens is 1. The maximum absolute atomic E-state index is 12.7. The first-order valence-electron chi connectivity index (χ1n) is 3.14. The fourth-order valence-corrected chi connectivity index (χ4v) is 0.717. The van der Waals surface area contributed by atoms with Crippen LogP contribution in [0.25, 0.3) is 0 Å². The Hall–Kier alpha value is -1.65. The zero-order valence-corrected chi connectivity index (χ0v) is 6.37. The fraction of sp³-hybridized carbons (Fsp3) is 0.143. The number of hydrogen-bond acceptors (Lipinski definition) is 4. The minimum atomic E-state index is -0.879. The lowest BCUT2D eigenvalue weighted by Crippen LogP contribution is -2.06. The largest absolute Gasteiger partial charge is 0.465 e. The van der Waals surface area contributed by atoms with E-state index < -0.39 is 11.9 Å². The minimum Gasteiger partial charge on any atom is -0.465 e. The van der Waals surface area contributed by atoms with Crippen molar-refractivity contribution >= 4 is 11.7 Å². The molecule has 0 unspecified atom stereocenters. The van der Waals surface area contributed by atoms with Crippen molar-refractivity contribution in [2.45, 2.75) is 0 Å². The predicted molar refractivity (Wildman–Crippen MR) is 39.9 cm³/mol. The number of nitrogen functional groups attached to an aromatic ring is 1. The molecule has 0 atom stereocenters. The Morgan fingerprint density at radius 1 is 1.75 bits per heavy atom. The molecule has 1 rings (SSSR count). The van der Waals surface area contributed by atoms with Crippen LogP contribution in [0.3, 0.4) is 0 Å². The van der Waals surface area contributed by atoms with Crippen LogP contribution in [0.1, 0.15) is 10.4 Å². The SMILES string of the molecule is COC(=O)c1cc(N)cnc1F. The summed E-state index contributed by atoms with van der Waals surface area (Å²) in [6, 6.07) is 1.17. The molecule has 0 fully saturated rings. The first-order chi connectivity index (χ1) is 5.65. The van der Waals surface area contributed by atoms with Crippen LogP contribution in [-0.4, -0.2) is 18.1 Å². The summed E-state index contributed by atoms with van der Waals surface area (Å²) in [6.45, 7) is 0. The van der Waals surface area contributed by atoms with Crippen molar-refractivity contribution in [1.29, 1.82) is 0 Å². The van der Waals surface area contributed by atoms with Crippen LogP contribution in [0.5, 0.6) is 0 Å². The lowest BCUT2D eigenvalue weighted by atomic mass is 10.2. The van der Waals surface area contributed by atoms with Crippen molar-refractivity contribution in [1.82, 2.24) is 4.98 Å². The van der Waals surface area contributed by atoms with Gasteiger partial charge in [0, 0.05) is 0 Å². The van der Waals surface area contributed by atoms with Gasteiger partial charge in [-0.25, -0.2) is 9.78 Å². The molecule has 12 heavy (non-hydrogen) atoms. The summed E-state index contributed by atoms with van der Waals surface area (Å²) in [5.41, 5.74) is 5.25. The van der Waals surface area contributed by atoms with Gasteiger partial charge in [0.1, 0.15) is 5.56 Å². The van der Waals surface area contributed by atoms with E-state index in [1.807, 2.05) is 0 Å². The highest BCUT2D eigenvalue weighted by molar-refractivity contribution is 5.90. The Kier molecular flexibility index (Phi) is 2.23. The topological polar surface area (TPSA) is 65.2 Å². The maximum atomic E-state index is 12.7. The number of nitrogens with two attached hydrogens (primary N) is 1. The number of ether oxygens (including phenoxy) is 1. The molecule has 2 N–H and O–H groups in total. The average molecular weight is 170 g/mol. The van der Waals surface area contributed by atoms with Gasteiger partial charge in [-0.05, 0) is 6.07 Å². The second-order valence-corrected chi connectivity index (χ2v) is 2.10. The van der Waals surface area contributed by atoms with Crippen LogP contribution >= 0.6 is 0 Å². The number of aromatic nitrogens is 1. The molecule has 0 saturated carbocycles. The molecule has 4 nitrogen and oxygen atoms in total. The molecule has 0 aliphatic carbocycles. The lowest BCUT2D eigenvalue weighted by molar-refractivity contribution is 0.0594. The summed E-state index contributed by atoms with van der Waals surface area (Å²) < 4.78 is 17.0. The molecule has 0 bridgehead atoms. The smallest absolute Gasteiger partial charge is 0.342 e. The van der Waals surface area contributed by atoms with E-state index in [2.05, 4.69) is 9.72 Å². The molecule has 0 spiro atoms. The summed E-state index contributed by atoms with van der Waals surface area (Å²) >= 11 is 0. The highest BCUT2D eigenvalue weighted by Gasteiger charge is 2.12. The molecular weight excluding hydrogens is 163 g/mol. The van der Waals surface area contributed by atoms with Gasteiger partial charge in [-0.15, -0.1) is 0 Å². The molecule has 1 heterocycles. The van der Waals surface area contributed by atoms with Gasteiger partial charge < -0.3 is 10.5 Å². The number of anilines is 1. The van der Waals surface area contributed by atoms with Gasteiger partial charge in [0.2, 0.25) is 5.95 Å². The maximum Gasteiger partial charge on any atom is 0.342 e. The van der Waals surface area contributed by atoms with Gasteiger partial charge in [0.15, 0.2) is 0 Å². The van der Waals surface area contributed by atoms with Crippen molar-refractivity contribution in [3.8, 4) is 0 Å². The number of rotatable bonds is 1. The predicted octanol–water partition coefficient (Wildman–Crippen LogP) is 0.590. The average Bonchev–Trinajstić information content (AvgIpc) is 2.08. The third-order valence-corrected chi connectivity index (χ3v) is 1.27. The third-order valence-electron chi connectivity index (χ3n) is 1.27. The second kappa shape index (κ2) is 3.17. The van der Waals surface area contributed by atoms with E-state index in [4.69, 9.17) is 5.73 Å². The van der Waals surface area contributed by atoms with Gasteiger partial charge in [-0.1, -0.05) is 0 Å². The number of nitrogens with zero attached hydrogens (tertiary/aromatic N) is 1. The summed E-state index contributed by atoms with van der Waals surface area (Å²) in [6.07, 6.45) is 1.13. The highest BCUT2D eigenvalue weighted by atomic mass is 19.1. The molecule has 0 radical (unpaired) electrons. The molecule has 0 amide bonds. The molecule has 0 aliphatic heterocycles. The van der Waals surface area contributed by atoms with Crippen LogP contribution in [0.4, 0.5) is 10.1 Å². The van der Waals surface area contributed by atoms with E-state index in [0.29, 0.717) is 0 Å². The zero-order valence-electron chi connectivity index (χ0n) is 6.37. The number of carbonyl (C=O) groups excluding carboxylic acids is 1. The van der Waals surface area contributed by atoms with Crippen LogP contribution in [-0.2, 0) is 4.74 Å². The third kappa shape index (κ3) is 1.50. The number of hydrogen-bond donors (Lipinski definition) is 1. The number of carbonyl (C=O) groups is 1. The minimum absolute atomic E-state index is 0.219. The van der Waals surface area contributed by atoms with Crippen molar-refractivity contribution in [2.75, 3.05) is 12.8 Å². The Morgan fingerprint density at radius 2 is 2.42 bits per heavy atom. The Bertz CT molecular complexity index is 314. The van der Waals surface area contributed by atoms with Crippen LogP contribution in [0.2, 0.25) is 0 Å². The van der Waals surface area contributed by atoms with Gasteiger partial charge in [-0.3, -0.25) is 0 Å². The van der Waals surface area contributed by atoms with Crippen LogP contribution in [0.15, 0.2) is 12.3 Å². The van der Waals surface area contributed by atoms with Crippen molar-refractivity contribution in [3.05, 3.63) is 23.8 Å². The Balaban J connectivity index is 3.13. The molecule has 1 aromatic rings. The first-order valence-corrected chi connectivity index (χ1v) is 3.14. The monoisotopic (exact) mass is 170 g/mol. The van der Waals surface area contributed by atoms with Crippen LogP contribution < -0.4 is 5.73 Å². The normalized spacial score (nSPS) is 9.50. The molecular formula is C7H7FN2O2. The molecule has 0 aliphatic rings. The summed E-state index contributed by atoms with van der Waals surface area (Å²) in [5, 5.41) is 0. The van der Waals surface area contributed by atoms with E-state index in [1.54, 1.807) is 0 Å². The number of methoxy groups -OCH3 is 1. The highest BCUT2D eigenvalue weighted by Crippen LogP contribution is 2.09. The van der Waals surface area contributed by atoms with E-state index >= 15 is 0 Å².